The number of halogens is 1. The molecule has 0 bridgehead atoms. The van der Waals surface area contributed by atoms with Crippen LogP contribution in [0.15, 0.2) is 17.2 Å². The van der Waals surface area contributed by atoms with Crippen LogP contribution in [0.4, 0.5) is 5.82 Å². The molecule has 2 unspecified atom stereocenters. The van der Waals surface area contributed by atoms with E-state index >= 15 is 0 Å². The smallest absolute Gasteiger partial charge is 0.293 e. The Kier molecular flexibility index (Phi) is 4.19. The van der Waals surface area contributed by atoms with Crippen molar-refractivity contribution in [3.63, 3.8) is 0 Å². The third-order valence-corrected chi connectivity index (χ3v) is 4.00. The maximum atomic E-state index is 12.3. The second-order valence-corrected chi connectivity index (χ2v) is 6.90. The first-order valence-electron chi connectivity index (χ1n) is 6.84. The highest BCUT2D eigenvalue weighted by Gasteiger charge is 2.23. The SMILES string of the molecule is CC(C)(C)n1ccnc(NCC2CCC(Cl)C2)c1=O. The predicted molar refractivity (Wildman–Crippen MR) is 79.0 cm³/mol. The molecule has 1 heterocycles. The summed E-state index contributed by atoms with van der Waals surface area (Å²) in [4.78, 5) is 16.5. The lowest BCUT2D eigenvalue weighted by Gasteiger charge is -2.22. The number of alkyl halides is 1. The largest absolute Gasteiger partial charge is 0.365 e. The summed E-state index contributed by atoms with van der Waals surface area (Å²) in [7, 11) is 0. The average Bonchev–Trinajstić information content (AvgIpc) is 2.72. The van der Waals surface area contributed by atoms with E-state index in [4.69, 9.17) is 11.6 Å². The molecule has 1 fully saturated rings. The van der Waals surface area contributed by atoms with Gasteiger partial charge in [-0.2, -0.15) is 0 Å². The molecule has 2 atom stereocenters. The Hall–Kier alpha value is -1.03. The van der Waals surface area contributed by atoms with Crippen LogP contribution in [0.1, 0.15) is 40.0 Å². The summed E-state index contributed by atoms with van der Waals surface area (Å²) in [5.41, 5.74) is -0.291. The Morgan fingerprint density at radius 1 is 1.47 bits per heavy atom. The predicted octanol–water partition coefficient (Wildman–Crippen LogP) is 2.82. The van der Waals surface area contributed by atoms with Crippen LogP contribution in [0.3, 0.4) is 0 Å². The standard InChI is InChI=1S/C14H22ClN3O/c1-14(2,3)18-7-6-16-12(13(18)19)17-9-10-4-5-11(15)8-10/h6-7,10-11H,4-5,8-9H2,1-3H3,(H,16,17). The number of hydrogen-bond acceptors (Lipinski definition) is 3. The fourth-order valence-electron chi connectivity index (χ4n) is 2.50. The minimum atomic E-state index is -0.231. The van der Waals surface area contributed by atoms with Crippen LogP contribution in [-0.2, 0) is 5.54 Å². The molecule has 106 valence electrons. The number of aromatic nitrogens is 2. The van der Waals surface area contributed by atoms with Gasteiger partial charge in [-0.15, -0.1) is 11.6 Å². The molecule has 0 spiro atoms. The number of nitrogens with one attached hydrogen (secondary N) is 1. The average molecular weight is 284 g/mol. The van der Waals surface area contributed by atoms with Gasteiger partial charge in [-0.3, -0.25) is 4.79 Å². The maximum Gasteiger partial charge on any atom is 0.293 e. The van der Waals surface area contributed by atoms with E-state index in [-0.39, 0.29) is 11.1 Å². The Balaban J connectivity index is 2.07. The van der Waals surface area contributed by atoms with Crippen LogP contribution in [0.5, 0.6) is 0 Å². The van der Waals surface area contributed by atoms with Crippen molar-refractivity contribution in [3.05, 3.63) is 22.7 Å². The summed E-state index contributed by atoms with van der Waals surface area (Å²) in [5.74, 6) is 0.988. The molecule has 19 heavy (non-hydrogen) atoms. The summed E-state index contributed by atoms with van der Waals surface area (Å²) in [6, 6.07) is 0. The first-order valence-corrected chi connectivity index (χ1v) is 7.27. The van der Waals surface area contributed by atoms with Gasteiger partial charge in [-0.05, 0) is 46.0 Å². The molecule has 0 radical (unpaired) electrons. The van der Waals surface area contributed by atoms with E-state index in [2.05, 4.69) is 10.3 Å². The van der Waals surface area contributed by atoms with Crippen LogP contribution < -0.4 is 10.9 Å². The van der Waals surface area contributed by atoms with Gasteiger partial charge in [0.05, 0.1) is 0 Å². The third kappa shape index (κ3) is 3.50. The van der Waals surface area contributed by atoms with Gasteiger partial charge in [0.25, 0.3) is 5.56 Å². The van der Waals surface area contributed by atoms with Crippen molar-refractivity contribution in [1.29, 1.82) is 0 Å². The molecule has 1 aliphatic rings. The molecule has 2 rings (SSSR count). The Bertz CT molecular complexity index is 492. The van der Waals surface area contributed by atoms with Crippen molar-refractivity contribution >= 4 is 17.4 Å². The van der Waals surface area contributed by atoms with E-state index in [9.17, 15) is 4.79 Å². The second-order valence-electron chi connectivity index (χ2n) is 6.28. The highest BCUT2D eigenvalue weighted by atomic mass is 35.5. The van der Waals surface area contributed by atoms with Crippen molar-refractivity contribution < 1.29 is 0 Å². The lowest BCUT2D eigenvalue weighted by atomic mass is 10.1. The van der Waals surface area contributed by atoms with Gasteiger partial charge < -0.3 is 9.88 Å². The summed E-state index contributed by atoms with van der Waals surface area (Å²) in [6.07, 6.45) is 6.63. The number of anilines is 1. The van der Waals surface area contributed by atoms with Gasteiger partial charge in [0, 0.05) is 29.9 Å². The molecule has 0 aromatic carbocycles. The van der Waals surface area contributed by atoms with Crippen LogP contribution >= 0.6 is 11.6 Å². The van der Waals surface area contributed by atoms with Crippen LogP contribution in [0, 0.1) is 5.92 Å². The van der Waals surface area contributed by atoms with Gasteiger partial charge in [0.15, 0.2) is 5.82 Å². The fraction of sp³-hybridized carbons (Fsp3) is 0.714. The summed E-state index contributed by atoms with van der Waals surface area (Å²) >= 11 is 6.10. The minimum absolute atomic E-state index is 0.0598. The van der Waals surface area contributed by atoms with Crippen molar-refractivity contribution in [2.24, 2.45) is 5.92 Å². The lowest BCUT2D eigenvalue weighted by Crippen LogP contribution is -2.35. The summed E-state index contributed by atoms with van der Waals surface area (Å²) < 4.78 is 1.71. The second kappa shape index (κ2) is 5.53. The molecule has 1 aromatic heterocycles. The van der Waals surface area contributed by atoms with E-state index in [0.717, 1.165) is 25.8 Å². The van der Waals surface area contributed by atoms with Crippen LogP contribution in [-0.4, -0.2) is 21.5 Å². The molecule has 4 nitrogen and oxygen atoms in total. The number of nitrogens with zero attached hydrogens (tertiary/aromatic N) is 2. The molecule has 5 heteroatoms. The van der Waals surface area contributed by atoms with Crippen molar-refractivity contribution in [3.8, 4) is 0 Å². The van der Waals surface area contributed by atoms with Crippen molar-refractivity contribution in [2.75, 3.05) is 11.9 Å². The first kappa shape index (κ1) is 14.4. The zero-order valence-electron chi connectivity index (χ0n) is 11.8. The zero-order chi connectivity index (χ0) is 14.0. The minimum Gasteiger partial charge on any atom is -0.365 e. The van der Waals surface area contributed by atoms with Crippen LogP contribution in [0.2, 0.25) is 0 Å². The zero-order valence-corrected chi connectivity index (χ0v) is 12.6. The van der Waals surface area contributed by atoms with E-state index in [1.54, 1.807) is 17.0 Å². The summed E-state index contributed by atoms with van der Waals surface area (Å²) in [5, 5.41) is 3.48. The normalized spacial score (nSPS) is 23.6. The van der Waals surface area contributed by atoms with E-state index in [1.165, 1.54) is 0 Å². The van der Waals surface area contributed by atoms with Crippen molar-refractivity contribution in [1.82, 2.24) is 9.55 Å². The molecular formula is C14H22ClN3O. The quantitative estimate of drug-likeness (QED) is 0.868. The first-order chi connectivity index (χ1) is 8.88. The number of rotatable bonds is 3. The van der Waals surface area contributed by atoms with E-state index < -0.39 is 0 Å². The van der Waals surface area contributed by atoms with Gasteiger partial charge in [-0.1, -0.05) is 0 Å². The number of hydrogen-bond donors (Lipinski definition) is 1. The Labute approximate surface area is 119 Å². The fourth-order valence-corrected chi connectivity index (χ4v) is 2.88. The third-order valence-electron chi connectivity index (χ3n) is 3.60. The molecule has 0 amide bonds. The Morgan fingerprint density at radius 2 is 2.21 bits per heavy atom. The highest BCUT2D eigenvalue weighted by Crippen LogP contribution is 2.29. The topological polar surface area (TPSA) is 46.9 Å². The van der Waals surface area contributed by atoms with Gasteiger partial charge >= 0.3 is 0 Å². The molecule has 0 aliphatic heterocycles. The summed E-state index contributed by atoms with van der Waals surface area (Å²) in [6.45, 7) is 6.80. The van der Waals surface area contributed by atoms with Gasteiger partial charge in [-0.25, -0.2) is 4.98 Å². The van der Waals surface area contributed by atoms with Gasteiger partial charge in [0.1, 0.15) is 0 Å². The van der Waals surface area contributed by atoms with Gasteiger partial charge in [0.2, 0.25) is 0 Å². The molecule has 1 saturated carbocycles. The molecule has 1 aliphatic carbocycles. The monoisotopic (exact) mass is 283 g/mol. The van der Waals surface area contributed by atoms with Crippen molar-refractivity contribution in [2.45, 2.75) is 50.9 Å². The van der Waals surface area contributed by atoms with E-state index in [0.29, 0.717) is 17.1 Å². The molecule has 1 aromatic rings. The van der Waals surface area contributed by atoms with E-state index in [1.807, 2.05) is 20.8 Å². The maximum absolute atomic E-state index is 12.3. The van der Waals surface area contributed by atoms with Crippen LogP contribution in [0.25, 0.3) is 0 Å². The highest BCUT2D eigenvalue weighted by molar-refractivity contribution is 6.20. The lowest BCUT2D eigenvalue weighted by molar-refractivity contribution is 0.383. The molecule has 0 saturated heterocycles. The Morgan fingerprint density at radius 3 is 2.79 bits per heavy atom. The molecular weight excluding hydrogens is 262 g/mol. The molecule has 1 N–H and O–H groups in total.